The van der Waals surface area contributed by atoms with Gasteiger partial charge < -0.3 is 15.0 Å². The Morgan fingerprint density at radius 2 is 1.85 bits per heavy atom. The number of hydrogen-bond donors (Lipinski definition) is 1. The Labute approximate surface area is 159 Å². The number of amides is 2. The second kappa shape index (κ2) is 7.43. The molecule has 2 fully saturated rings. The lowest BCUT2D eigenvalue weighted by molar-refractivity contribution is -0.117. The monoisotopic (exact) mass is 364 g/mol. The van der Waals surface area contributed by atoms with Gasteiger partial charge in [0.1, 0.15) is 5.75 Å². The van der Waals surface area contributed by atoms with Gasteiger partial charge in [-0.3, -0.25) is 9.59 Å². The summed E-state index contributed by atoms with van der Waals surface area (Å²) in [5.74, 6) is 1.02. The van der Waals surface area contributed by atoms with E-state index in [0.29, 0.717) is 11.3 Å². The number of rotatable bonds is 5. The molecule has 1 unspecified atom stereocenters. The second-order valence-corrected chi connectivity index (χ2v) is 7.27. The summed E-state index contributed by atoms with van der Waals surface area (Å²) >= 11 is 0. The summed E-state index contributed by atoms with van der Waals surface area (Å²) in [6.45, 7) is 0.744. The van der Waals surface area contributed by atoms with Crippen molar-refractivity contribution in [2.45, 2.75) is 31.7 Å². The van der Waals surface area contributed by atoms with E-state index in [4.69, 9.17) is 4.74 Å². The number of nitrogens with one attached hydrogen (secondary N) is 1. The predicted octanol–water partition coefficient (Wildman–Crippen LogP) is 4.02. The molecule has 0 bridgehead atoms. The van der Waals surface area contributed by atoms with Gasteiger partial charge >= 0.3 is 0 Å². The maximum absolute atomic E-state index is 13.1. The number of ether oxygens (including phenoxy) is 1. The summed E-state index contributed by atoms with van der Waals surface area (Å²) in [6.07, 6.45) is 3.86. The molecule has 1 N–H and O–H groups in total. The van der Waals surface area contributed by atoms with Gasteiger partial charge in [-0.2, -0.15) is 0 Å². The summed E-state index contributed by atoms with van der Waals surface area (Å²) in [6, 6.07) is 15.3. The number of hydrogen-bond acceptors (Lipinski definition) is 3. The molecule has 1 atom stereocenters. The average molecular weight is 364 g/mol. The molecule has 4 rings (SSSR count). The Morgan fingerprint density at radius 1 is 1.07 bits per heavy atom. The number of methoxy groups -OCH3 is 1. The summed E-state index contributed by atoms with van der Waals surface area (Å²) in [5.41, 5.74) is 2.43. The second-order valence-electron chi connectivity index (χ2n) is 7.27. The van der Waals surface area contributed by atoms with E-state index >= 15 is 0 Å². The molecule has 27 heavy (non-hydrogen) atoms. The van der Waals surface area contributed by atoms with Crippen LogP contribution in [0.5, 0.6) is 5.75 Å². The first-order valence-corrected chi connectivity index (χ1v) is 9.51. The van der Waals surface area contributed by atoms with Crippen LogP contribution in [0.1, 0.15) is 47.6 Å². The minimum atomic E-state index is 0.0100. The Balaban J connectivity index is 1.51. The Bertz CT molecular complexity index is 843. The molecule has 1 aliphatic carbocycles. The number of nitrogens with zero attached hydrogens (tertiary/aromatic N) is 1. The molecule has 5 nitrogen and oxygen atoms in total. The van der Waals surface area contributed by atoms with Crippen molar-refractivity contribution in [3.63, 3.8) is 0 Å². The first kappa shape index (κ1) is 17.6. The van der Waals surface area contributed by atoms with Gasteiger partial charge in [0.05, 0.1) is 13.2 Å². The van der Waals surface area contributed by atoms with Gasteiger partial charge in [0, 0.05) is 23.7 Å². The molecule has 1 saturated heterocycles. The lowest BCUT2D eigenvalue weighted by Gasteiger charge is -2.25. The minimum Gasteiger partial charge on any atom is -0.497 e. The van der Waals surface area contributed by atoms with Crippen molar-refractivity contribution < 1.29 is 14.3 Å². The van der Waals surface area contributed by atoms with Gasteiger partial charge in [-0.15, -0.1) is 0 Å². The summed E-state index contributed by atoms with van der Waals surface area (Å²) in [4.78, 5) is 27.0. The summed E-state index contributed by atoms with van der Waals surface area (Å²) < 4.78 is 5.23. The number of carbonyl (C=O) groups is 2. The smallest absolute Gasteiger partial charge is 0.254 e. The third kappa shape index (κ3) is 3.82. The fraction of sp³-hybridized carbons (Fsp3) is 0.364. The van der Waals surface area contributed by atoms with Gasteiger partial charge in [0.25, 0.3) is 5.91 Å². The lowest BCUT2D eigenvalue weighted by Crippen LogP contribution is -2.30. The molecule has 140 valence electrons. The van der Waals surface area contributed by atoms with E-state index in [2.05, 4.69) is 5.32 Å². The Hall–Kier alpha value is -2.82. The van der Waals surface area contributed by atoms with Crippen LogP contribution < -0.4 is 10.1 Å². The van der Waals surface area contributed by atoms with E-state index < -0.39 is 0 Å². The van der Waals surface area contributed by atoms with E-state index in [1.807, 2.05) is 47.4 Å². The van der Waals surface area contributed by atoms with Gasteiger partial charge in [-0.25, -0.2) is 0 Å². The van der Waals surface area contributed by atoms with Crippen LogP contribution in [0.25, 0.3) is 0 Å². The molecule has 2 aromatic carbocycles. The van der Waals surface area contributed by atoms with Crippen LogP contribution in [0.4, 0.5) is 5.69 Å². The molecular weight excluding hydrogens is 340 g/mol. The van der Waals surface area contributed by atoms with E-state index in [0.717, 1.165) is 43.5 Å². The number of likely N-dealkylation sites (tertiary alicyclic amines) is 1. The number of benzene rings is 2. The molecule has 2 aliphatic rings. The molecule has 0 aromatic heterocycles. The Kier molecular flexibility index (Phi) is 4.84. The highest BCUT2D eigenvalue weighted by Gasteiger charge is 2.31. The van der Waals surface area contributed by atoms with Crippen molar-refractivity contribution >= 4 is 17.5 Å². The maximum Gasteiger partial charge on any atom is 0.254 e. The van der Waals surface area contributed by atoms with E-state index in [1.54, 1.807) is 13.2 Å². The lowest BCUT2D eigenvalue weighted by atomic mass is 10.0. The molecule has 2 amide bonds. The molecule has 1 heterocycles. The van der Waals surface area contributed by atoms with Crippen LogP contribution in [0, 0.1) is 5.92 Å². The normalized spacial score (nSPS) is 19.0. The van der Waals surface area contributed by atoms with Crippen LogP contribution in [0.2, 0.25) is 0 Å². The van der Waals surface area contributed by atoms with Crippen molar-refractivity contribution in [2.24, 2.45) is 5.92 Å². The molecule has 0 spiro atoms. The molecule has 0 radical (unpaired) electrons. The topological polar surface area (TPSA) is 58.6 Å². The zero-order valence-corrected chi connectivity index (χ0v) is 15.5. The molecule has 1 saturated carbocycles. The van der Waals surface area contributed by atoms with E-state index in [1.165, 1.54) is 0 Å². The van der Waals surface area contributed by atoms with Crippen molar-refractivity contribution in [3.05, 3.63) is 59.7 Å². The quantitative estimate of drug-likeness (QED) is 0.872. The molecule has 2 aromatic rings. The van der Waals surface area contributed by atoms with Gasteiger partial charge in [-0.05, 0) is 61.6 Å². The standard InChI is InChI=1S/C22H24N2O3/c1-27-19-11-9-15(10-12-19)20-6-3-13-24(20)22(26)17-4-2-5-18(14-17)23-21(25)16-7-8-16/h2,4-5,9-12,14,16,20H,3,6-8,13H2,1H3,(H,23,25). The predicted molar refractivity (Wildman–Crippen MR) is 104 cm³/mol. The first-order valence-electron chi connectivity index (χ1n) is 9.51. The van der Waals surface area contributed by atoms with Crippen LogP contribution in [-0.4, -0.2) is 30.4 Å². The van der Waals surface area contributed by atoms with Crippen molar-refractivity contribution in [2.75, 3.05) is 19.0 Å². The fourth-order valence-electron chi connectivity index (χ4n) is 3.67. The minimum absolute atomic E-state index is 0.0100. The number of carbonyl (C=O) groups excluding carboxylic acids is 2. The highest BCUT2D eigenvalue weighted by molar-refractivity contribution is 5.98. The molecule has 1 aliphatic heterocycles. The third-order valence-electron chi connectivity index (χ3n) is 5.34. The van der Waals surface area contributed by atoms with Crippen molar-refractivity contribution in [1.29, 1.82) is 0 Å². The Morgan fingerprint density at radius 3 is 2.56 bits per heavy atom. The van der Waals surface area contributed by atoms with Crippen molar-refractivity contribution in [3.8, 4) is 5.75 Å². The van der Waals surface area contributed by atoms with Gasteiger partial charge in [0.15, 0.2) is 0 Å². The number of anilines is 1. The van der Waals surface area contributed by atoms with E-state index in [-0.39, 0.29) is 23.8 Å². The first-order chi connectivity index (χ1) is 13.2. The van der Waals surface area contributed by atoms with Gasteiger partial charge in [-0.1, -0.05) is 18.2 Å². The SMILES string of the molecule is COc1ccc(C2CCCN2C(=O)c2cccc(NC(=O)C3CC3)c2)cc1. The van der Waals surface area contributed by atoms with Crippen LogP contribution >= 0.6 is 0 Å². The molecular formula is C22H24N2O3. The van der Waals surface area contributed by atoms with Crippen molar-refractivity contribution in [1.82, 2.24) is 4.90 Å². The van der Waals surface area contributed by atoms with Crippen LogP contribution in [0.15, 0.2) is 48.5 Å². The molecule has 5 heteroatoms. The average Bonchev–Trinajstić information content (AvgIpc) is 3.45. The zero-order chi connectivity index (χ0) is 18.8. The zero-order valence-electron chi connectivity index (χ0n) is 15.5. The maximum atomic E-state index is 13.1. The third-order valence-corrected chi connectivity index (χ3v) is 5.34. The van der Waals surface area contributed by atoms with Crippen LogP contribution in [-0.2, 0) is 4.79 Å². The fourth-order valence-corrected chi connectivity index (χ4v) is 3.67. The highest BCUT2D eigenvalue weighted by atomic mass is 16.5. The van der Waals surface area contributed by atoms with Gasteiger partial charge in [0.2, 0.25) is 5.91 Å². The highest BCUT2D eigenvalue weighted by Crippen LogP contribution is 2.34. The largest absolute Gasteiger partial charge is 0.497 e. The van der Waals surface area contributed by atoms with E-state index in [9.17, 15) is 9.59 Å². The summed E-state index contributed by atoms with van der Waals surface area (Å²) in [5, 5.41) is 2.92. The van der Waals surface area contributed by atoms with Crippen LogP contribution in [0.3, 0.4) is 0 Å². The summed E-state index contributed by atoms with van der Waals surface area (Å²) in [7, 11) is 1.65.